The molecule has 3 heteroatoms. The second-order valence-corrected chi connectivity index (χ2v) is 5.48. The third-order valence-electron chi connectivity index (χ3n) is 2.84. The van der Waals surface area contributed by atoms with Crippen molar-refractivity contribution >= 4 is 21.8 Å². The van der Waals surface area contributed by atoms with Crippen LogP contribution in [0.2, 0.25) is 0 Å². The maximum absolute atomic E-state index is 11.2. The largest absolute Gasteiger partial charge is 0.356 e. The molecule has 1 aliphatic heterocycles. The first kappa shape index (κ1) is 10.7. The van der Waals surface area contributed by atoms with Crippen molar-refractivity contribution in [3.8, 4) is 0 Å². The van der Waals surface area contributed by atoms with Gasteiger partial charge in [-0.25, -0.2) is 0 Å². The second kappa shape index (κ2) is 3.97. The number of halogens is 1. The van der Waals surface area contributed by atoms with Gasteiger partial charge in [0.05, 0.1) is 0 Å². The predicted octanol–water partition coefficient (Wildman–Crippen LogP) is 2.52. The van der Waals surface area contributed by atoms with Crippen molar-refractivity contribution in [2.45, 2.75) is 19.8 Å². The van der Waals surface area contributed by atoms with E-state index in [1.54, 1.807) is 0 Å². The molecular formula is C12H14BrNO. The summed E-state index contributed by atoms with van der Waals surface area (Å²) in [5.74, 6) is 0.176. The van der Waals surface area contributed by atoms with Crippen molar-refractivity contribution in [3.63, 3.8) is 0 Å². The predicted molar refractivity (Wildman–Crippen MR) is 63.6 cm³/mol. The van der Waals surface area contributed by atoms with E-state index in [-0.39, 0.29) is 11.3 Å². The summed E-state index contributed by atoms with van der Waals surface area (Å²) in [5.41, 5.74) is 1.38. The van der Waals surface area contributed by atoms with Gasteiger partial charge in [-0.2, -0.15) is 0 Å². The first-order chi connectivity index (χ1) is 7.07. The highest BCUT2D eigenvalue weighted by Crippen LogP contribution is 2.30. The van der Waals surface area contributed by atoms with E-state index in [2.05, 4.69) is 40.3 Å². The van der Waals surface area contributed by atoms with E-state index < -0.39 is 0 Å². The Morgan fingerprint density at radius 3 is 2.60 bits per heavy atom. The molecule has 15 heavy (non-hydrogen) atoms. The Balaban J connectivity index is 2.08. The number of hydrogen-bond acceptors (Lipinski definition) is 1. The highest BCUT2D eigenvalue weighted by molar-refractivity contribution is 9.10. The van der Waals surface area contributed by atoms with E-state index in [4.69, 9.17) is 0 Å². The van der Waals surface area contributed by atoms with Crippen LogP contribution in [-0.2, 0) is 11.2 Å². The van der Waals surface area contributed by atoms with Crippen LogP contribution in [0, 0.1) is 5.41 Å². The van der Waals surface area contributed by atoms with E-state index in [1.807, 2.05) is 12.1 Å². The van der Waals surface area contributed by atoms with E-state index in [0.717, 1.165) is 17.4 Å². The molecule has 1 saturated heterocycles. The number of benzene rings is 1. The van der Waals surface area contributed by atoms with Crippen LogP contribution >= 0.6 is 15.9 Å². The minimum absolute atomic E-state index is 0.0882. The average Bonchev–Trinajstić information content (AvgIpc) is 2.50. The number of carbonyl (C=O) groups excluding carboxylic acids is 1. The lowest BCUT2D eigenvalue weighted by Crippen LogP contribution is -2.22. The van der Waals surface area contributed by atoms with Crippen molar-refractivity contribution in [1.29, 1.82) is 0 Å². The van der Waals surface area contributed by atoms with Crippen molar-refractivity contribution in [2.24, 2.45) is 5.41 Å². The fourth-order valence-electron chi connectivity index (χ4n) is 2.04. The minimum Gasteiger partial charge on any atom is -0.356 e. The van der Waals surface area contributed by atoms with Crippen LogP contribution in [-0.4, -0.2) is 12.5 Å². The van der Waals surface area contributed by atoms with Gasteiger partial charge in [0.2, 0.25) is 5.91 Å². The van der Waals surface area contributed by atoms with Gasteiger partial charge in [-0.3, -0.25) is 4.79 Å². The number of hydrogen-bond donors (Lipinski definition) is 1. The van der Waals surface area contributed by atoms with Gasteiger partial charge in [-0.05, 0) is 29.5 Å². The molecule has 1 fully saturated rings. The summed E-state index contributed by atoms with van der Waals surface area (Å²) in [5, 5.41) is 2.89. The molecule has 1 aliphatic rings. The van der Waals surface area contributed by atoms with Gasteiger partial charge in [0.15, 0.2) is 0 Å². The molecule has 0 radical (unpaired) electrons. The van der Waals surface area contributed by atoms with Gasteiger partial charge in [-0.1, -0.05) is 35.0 Å². The fraction of sp³-hybridized carbons (Fsp3) is 0.417. The minimum atomic E-state index is 0.0882. The highest BCUT2D eigenvalue weighted by atomic mass is 79.9. The molecule has 0 aliphatic carbocycles. The van der Waals surface area contributed by atoms with E-state index in [9.17, 15) is 4.79 Å². The molecule has 1 N–H and O–H groups in total. The van der Waals surface area contributed by atoms with Crippen LogP contribution in [0.3, 0.4) is 0 Å². The molecule has 80 valence electrons. The summed E-state index contributed by atoms with van der Waals surface area (Å²) in [4.78, 5) is 11.2. The van der Waals surface area contributed by atoms with E-state index in [1.165, 1.54) is 5.56 Å². The molecule has 1 amide bonds. The Hall–Kier alpha value is -0.830. The van der Waals surface area contributed by atoms with Crippen molar-refractivity contribution < 1.29 is 4.79 Å². The lowest BCUT2D eigenvalue weighted by atomic mass is 9.83. The summed E-state index contributed by atoms with van der Waals surface area (Å²) in [7, 11) is 0. The molecule has 0 saturated carbocycles. The van der Waals surface area contributed by atoms with Crippen LogP contribution < -0.4 is 5.32 Å². The molecule has 1 aromatic rings. The molecule has 2 rings (SSSR count). The Morgan fingerprint density at radius 1 is 1.40 bits per heavy atom. The Labute approximate surface area is 98.2 Å². The molecule has 1 aromatic carbocycles. The zero-order valence-electron chi connectivity index (χ0n) is 8.72. The van der Waals surface area contributed by atoms with Gasteiger partial charge in [0.1, 0.15) is 0 Å². The first-order valence-electron chi connectivity index (χ1n) is 5.09. The Bertz CT molecular complexity index is 374. The third kappa shape index (κ3) is 2.59. The summed E-state index contributed by atoms with van der Waals surface area (Å²) in [6.45, 7) is 2.95. The van der Waals surface area contributed by atoms with Crippen LogP contribution in [0.15, 0.2) is 28.7 Å². The summed E-state index contributed by atoms with van der Waals surface area (Å²) in [6, 6.07) is 8.31. The molecule has 0 bridgehead atoms. The average molecular weight is 268 g/mol. The van der Waals surface area contributed by atoms with Gasteiger partial charge in [0.25, 0.3) is 0 Å². The maximum atomic E-state index is 11.2. The van der Waals surface area contributed by atoms with Crippen molar-refractivity contribution in [3.05, 3.63) is 34.3 Å². The molecule has 0 aromatic heterocycles. The van der Waals surface area contributed by atoms with Crippen LogP contribution in [0.25, 0.3) is 0 Å². The zero-order chi connectivity index (χ0) is 10.9. The van der Waals surface area contributed by atoms with Crippen molar-refractivity contribution in [2.75, 3.05) is 6.54 Å². The Morgan fingerprint density at radius 2 is 2.07 bits per heavy atom. The molecule has 1 heterocycles. The summed E-state index contributed by atoms with van der Waals surface area (Å²) >= 11 is 3.41. The Kier molecular flexibility index (Phi) is 2.83. The van der Waals surface area contributed by atoms with Gasteiger partial charge in [-0.15, -0.1) is 0 Å². The quantitative estimate of drug-likeness (QED) is 0.877. The van der Waals surface area contributed by atoms with E-state index in [0.29, 0.717) is 6.42 Å². The molecule has 0 spiro atoms. The molecule has 1 unspecified atom stereocenters. The van der Waals surface area contributed by atoms with E-state index >= 15 is 0 Å². The topological polar surface area (TPSA) is 29.1 Å². The number of amides is 1. The molecule has 1 atom stereocenters. The SMILES string of the molecule is CC1(Cc2ccc(Br)cc2)CNC(=O)C1. The summed E-state index contributed by atoms with van der Waals surface area (Å²) < 4.78 is 1.09. The van der Waals surface area contributed by atoms with Crippen LogP contribution in [0.5, 0.6) is 0 Å². The number of carbonyl (C=O) groups is 1. The first-order valence-corrected chi connectivity index (χ1v) is 5.88. The lowest BCUT2D eigenvalue weighted by molar-refractivity contribution is -0.119. The number of rotatable bonds is 2. The van der Waals surface area contributed by atoms with Crippen LogP contribution in [0.4, 0.5) is 0 Å². The maximum Gasteiger partial charge on any atom is 0.220 e. The smallest absolute Gasteiger partial charge is 0.220 e. The molecule has 2 nitrogen and oxygen atoms in total. The van der Waals surface area contributed by atoms with Gasteiger partial charge < -0.3 is 5.32 Å². The zero-order valence-corrected chi connectivity index (χ0v) is 10.3. The fourth-order valence-corrected chi connectivity index (χ4v) is 2.31. The standard InChI is InChI=1S/C12H14BrNO/c1-12(7-11(15)14-8-12)6-9-2-4-10(13)5-3-9/h2-5H,6-8H2,1H3,(H,14,15). The van der Waals surface area contributed by atoms with Gasteiger partial charge in [0, 0.05) is 17.4 Å². The lowest BCUT2D eigenvalue weighted by Gasteiger charge is -2.21. The second-order valence-electron chi connectivity index (χ2n) is 4.57. The third-order valence-corrected chi connectivity index (χ3v) is 3.37. The monoisotopic (exact) mass is 267 g/mol. The normalized spacial score (nSPS) is 25.3. The highest BCUT2D eigenvalue weighted by Gasteiger charge is 2.33. The van der Waals surface area contributed by atoms with Crippen LogP contribution in [0.1, 0.15) is 18.9 Å². The van der Waals surface area contributed by atoms with Crippen molar-refractivity contribution in [1.82, 2.24) is 5.32 Å². The molecular weight excluding hydrogens is 254 g/mol. The summed E-state index contributed by atoms with van der Waals surface area (Å²) in [6.07, 6.45) is 1.60. The number of nitrogens with one attached hydrogen (secondary N) is 1. The van der Waals surface area contributed by atoms with Gasteiger partial charge >= 0.3 is 0 Å².